The molecule has 2 aromatic carbocycles. The molecule has 4 nitrogen and oxygen atoms in total. The Hall–Kier alpha value is -2.51. The summed E-state index contributed by atoms with van der Waals surface area (Å²) in [6, 6.07) is 16.3. The fourth-order valence-electron chi connectivity index (χ4n) is 2.46. The second kappa shape index (κ2) is 8.37. The summed E-state index contributed by atoms with van der Waals surface area (Å²) in [5.41, 5.74) is 2.35. The van der Waals surface area contributed by atoms with Crippen LogP contribution in [-0.4, -0.2) is 6.03 Å². The Morgan fingerprint density at radius 3 is 2.62 bits per heavy atom. The molecule has 0 aliphatic heterocycles. The number of nitrogens with zero attached hydrogens (tertiary/aromatic N) is 1. The maximum atomic E-state index is 12.2. The van der Waals surface area contributed by atoms with Gasteiger partial charge in [-0.1, -0.05) is 55.8 Å². The molecule has 0 aliphatic carbocycles. The Balaban J connectivity index is 2.01. The fraction of sp³-hybridized carbons (Fsp3) is 0.263. The van der Waals surface area contributed by atoms with Gasteiger partial charge in [-0.2, -0.15) is 5.26 Å². The van der Waals surface area contributed by atoms with Crippen LogP contribution in [0.4, 0.5) is 4.79 Å². The van der Waals surface area contributed by atoms with Crippen molar-refractivity contribution in [2.24, 2.45) is 5.92 Å². The van der Waals surface area contributed by atoms with Crippen molar-refractivity contribution < 1.29 is 4.79 Å². The van der Waals surface area contributed by atoms with Gasteiger partial charge < -0.3 is 10.6 Å². The van der Waals surface area contributed by atoms with Gasteiger partial charge in [-0.05, 0) is 35.2 Å². The summed E-state index contributed by atoms with van der Waals surface area (Å²) in [5.74, 6) is 0.192. The van der Waals surface area contributed by atoms with E-state index in [1.165, 1.54) is 0 Å². The van der Waals surface area contributed by atoms with Gasteiger partial charge in [0.25, 0.3) is 0 Å². The average molecular weight is 342 g/mol. The van der Waals surface area contributed by atoms with Crippen LogP contribution in [0.15, 0.2) is 48.5 Å². The van der Waals surface area contributed by atoms with Crippen LogP contribution in [0, 0.1) is 17.2 Å². The number of nitriles is 1. The third kappa shape index (κ3) is 4.74. The summed E-state index contributed by atoms with van der Waals surface area (Å²) in [6.07, 6.45) is 0. The Kier molecular flexibility index (Phi) is 6.22. The van der Waals surface area contributed by atoms with Crippen LogP contribution in [0.1, 0.15) is 36.6 Å². The summed E-state index contributed by atoms with van der Waals surface area (Å²) in [5, 5.41) is 15.3. The molecule has 0 radical (unpaired) electrons. The minimum Gasteiger partial charge on any atom is -0.334 e. The molecule has 1 unspecified atom stereocenters. The van der Waals surface area contributed by atoms with E-state index < -0.39 is 0 Å². The number of hydrogen-bond donors (Lipinski definition) is 2. The number of amides is 2. The molecule has 0 spiro atoms. The van der Waals surface area contributed by atoms with E-state index in [4.69, 9.17) is 16.9 Å². The summed E-state index contributed by atoms with van der Waals surface area (Å²) in [4.78, 5) is 12.2. The van der Waals surface area contributed by atoms with Crippen LogP contribution < -0.4 is 10.6 Å². The lowest BCUT2D eigenvalue weighted by Crippen LogP contribution is -2.39. The van der Waals surface area contributed by atoms with E-state index in [2.05, 4.69) is 16.7 Å². The van der Waals surface area contributed by atoms with Crippen molar-refractivity contribution in [3.8, 4) is 6.07 Å². The minimum absolute atomic E-state index is 0.177. The van der Waals surface area contributed by atoms with Crippen LogP contribution in [0.2, 0.25) is 5.02 Å². The van der Waals surface area contributed by atoms with Crippen molar-refractivity contribution in [1.82, 2.24) is 10.6 Å². The quantitative estimate of drug-likeness (QED) is 0.846. The normalized spacial score (nSPS) is 11.6. The first-order valence-corrected chi connectivity index (χ1v) is 8.17. The molecule has 1 atom stereocenters. The van der Waals surface area contributed by atoms with Gasteiger partial charge in [0.05, 0.1) is 17.7 Å². The van der Waals surface area contributed by atoms with E-state index in [1.807, 2.05) is 44.2 Å². The zero-order chi connectivity index (χ0) is 17.5. The molecule has 0 aliphatic rings. The van der Waals surface area contributed by atoms with Gasteiger partial charge >= 0.3 is 6.03 Å². The highest BCUT2D eigenvalue weighted by Gasteiger charge is 2.20. The van der Waals surface area contributed by atoms with Crippen LogP contribution in [0.3, 0.4) is 0 Å². The summed E-state index contributed by atoms with van der Waals surface area (Å²) in [6.45, 7) is 4.42. The smallest absolute Gasteiger partial charge is 0.315 e. The molecule has 0 saturated carbocycles. The summed E-state index contributed by atoms with van der Waals surface area (Å²) < 4.78 is 0. The molecule has 0 fully saturated rings. The lowest BCUT2D eigenvalue weighted by molar-refractivity contribution is 0.232. The van der Waals surface area contributed by atoms with Crippen molar-refractivity contribution in [2.75, 3.05) is 0 Å². The Morgan fingerprint density at radius 1 is 1.21 bits per heavy atom. The van der Waals surface area contributed by atoms with Crippen LogP contribution in [0.25, 0.3) is 0 Å². The van der Waals surface area contributed by atoms with Crippen molar-refractivity contribution in [2.45, 2.75) is 26.4 Å². The van der Waals surface area contributed by atoms with Crippen molar-refractivity contribution >= 4 is 17.6 Å². The number of urea groups is 1. The summed E-state index contributed by atoms with van der Waals surface area (Å²) in [7, 11) is 0. The van der Waals surface area contributed by atoms with Gasteiger partial charge in [-0.25, -0.2) is 4.79 Å². The second-order valence-electron chi connectivity index (χ2n) is 5.88. The highest BCUT2D eigenvalue weighted by atomic mass is 35.5. The molecule has 5 heteroatoms. The molecule has 2 aromatic rings. The van der Waals surface area contributed by atoms with E-state index in [0.717, 1.165) is 11.1 Å². The van der Waals surface area contributed by atoms with Crippen LogP contribution in [-0.2, 0) is 6.54 Å². The maximum Gasteiger partial charge on any atom is 0.315 e. The molecule has 2 rings (SSSR count). The van der Waals surface area contributed by atoms with E-state index in [0.29, 0.717) is 17.1 Å². The topological polar surface area (TPSA) is 64.9 Å². The zero-order valence-corrected chi connectivity index (χ0v) is 14.5. The molecule has 124 valence electrons. The first-order valence-electron chi connectivity index (χ1n) is 7.79. The van der Waals surface area contributed by atoms with Gasteiger partial charge in [0.15, 0.2) is 0 Å². The first-order chi connectivity index (χ1) is 11.5. The van der Waals surface area contributed by atoms with E-state index in [9.17, 15) is 4.79 Å². The van der Waals surface area contributed by atoms with E-state index >= 15 is 0 Å². The van der Waals surface area contributed by atoms with Gasteiger partial charge in [-0.3, -0.25) is 0 Å². The molecule has 2 amide bonds. The highest BCUT2D eigenvalue weighted by molar-refractivity contribution is 6.31. The maximum absolute atomic E-state index is 12.2. The van der Waals surface area contributed by atoms with Gasteiger partial charge in [-0.15, -0.1) is 0 Å². The van der Waals surface area contributed by atoms with Crippen LogP contribution in [0.5, 0.6) is 0 Å². The second-order valence-corrected chi connectivity index (χ2v) is 6.29. The number of carbonyl (C=O) groups excluding carboxylic acids is 1. The molecule has 0 aromatic heterocycles. The zero-order valence-electron chi connectivity index (χ0n) is 13.7. The molecular weight excluding hydrogens is 322 g/mol. The number of nitrogens with one attached hydrogen (secondary N) is 2. The molecule has 0 saturated heterocycles. The van der Waals surface area contributed by atoms with E-state index in [-0.39, 0.29) is 18.0 Å². The van der Waals surface area contributed by atoms with Crippen molar-refractivity contribution in [1.29, 1.82) is 5.26 Å². The van der Waals surface area contributed by atoms with Gasteiger partial charge in [0.1, 0.15) is 0 Å². The standard InChI is InChI=1S/C19H20ClN3O/c1-13(2)18(16-8-3-4-9-17(16)20)23-19(24)22-12-15-7-5-6-14(10-15)11-21/h3-10,13,18H,12H2,1-2H3,(H2,22,23,24). The first kappa shape index (κ1) is 17.8. The Bertz CT molecular complexity index is 752. The molecule has 0 heterocycles. The number of rotatable bonds is 5. The van der Waals surface area contributed by atoms with E-state index in [1.54, 1.807) is 18.2 Å². The molecule has 2 N–H and O–H groups in total. The summed E-state index contributed by atoms with van der Waals surface area (Å²) >= 11 is 6.25. The monoisotopic (exact) mass is 341 g/mol. The number of hydrogen-bond acceptors (Lipinski definition) is 2. The predicted octanol–water partition coefficient (Wildman–Crippen LogP) is 4.41. The largest absolute Gasteiger partial charge is 0.334 e. The number of benzene rings is 2. The van der Waals surface area contributed by atoms with Crippen molar-refractivity contribution in [3.63, 3.8) is 0 Å². The molecule has 24 heavy (non-hydrogen) atoms. The Labute approximate surface area is 147 Å². The lowest BCUT2D eigenvalue weighted by atomic mass is 9.96. The third-order valence-electron chi connectivity index (χ3n) is 3.70. The Morgan fingerprint density at radius 2 is 1.96 bits per heavy atom. The minimum atomic E-state index is -0.268. The average Bonchev–Trinajstić information content (AvgIpc) is 2.58. The van der Waals surface area contributed by atoms with Gasteiger partial charge in [0.2, 0.25) is 0 Å². The fourth-order valence-corrected chi connectivity index (χ4v) is 2.71. The SMILES string of the molecule is CC(C)C(NC(=O)NCc1cccc(C#N)c1)c1ccccc1Cl. The molecular formula is C19H20ClN3O. The lowest BCUT2D eigenvalue weighted by Gasteiger charge is -2.24. The molecule has 0 bridgehead atoms. The van der Waals surface area contributed by atoms with Gasteiger partial charge in [0, 0.05) is 11.6 Å². The predicted molar refractivity (Wildman–Crippen MR) is 95.6 cm³/mol. The third-order valence-corrected chi connectivity index (χ3v) is 4.05. The number of carbonyl (C=O) groups is 1. The van der Waals surface area contributed by atoms with Crippen LogP contribution >= 0.6 is 11.6 Å². The number of halogens is 1. The highest BCUT2D eigenvalue weighted by Crippen LogP contribution is 2.27. The van der Waals surface area contributed by atoms with Crippen molar-refractivity contribution in [3.05, 3.63) is 70.2 Å².